The first-order valence-electron chi connectivity index (χ1n) is 17.6. The molecule has 242 valence electrons. The first-order chi connectivity index (χ1) is 20.6. The van der Waals surface area contributed by atoms with Crippen molar-refractivity contribution in [2.45, 2.75) is 180 Å². The van der Waals surface area contributed by atoms with Gasteiger partial charge in [-0.3, -0.25) is 9.59 Å². The van der Waals surface area contributed by atoms with Gasteiger partial charge in [-0.1, -0.05) is 133 Å². The number of carboxylic acid groups (broad SMARTS) is 1. The summed E-state index contributed by atoms with van der Waals surface area (Å²) in [4.78, 5) is 23.3. The number of hydrogen-bond donors (Lipinski definition) is 1. The van der Waals surface area contributed by atoms with Gasteiger partial charge in [-0.2, -0.15) is 0 Å². The van der Waals surface area contributed by atoms with Crippen molar-refractivity contribution >= 4 is 11.9 Å². The fourth-order valence-corrected chi connectivity index (χ4v) is 4.94. The lowest BCUT2D eigenvalue weighted by atomic mass is 10.0. The van der Waals surface area contributed by atoms with Crippen LogP contribution in [-0.2, 0) is 14.3 Å². The summed E-state index contributed by atoms with van der Waals surface area (Å²) >= 11 is 0. The third-order valence-corrected chi connectivity index (χ3v) is 7.55. The summed E-state index contributed by atoms with van der Waals surface area (Å²) < 4.78 is 5.84. The van der Waals surface area contributed by atoms with Crippen molar-refractivity contribution in [3.8, 4) is 0 Å². The van der Waals surface area contributed by atoms with Gasteiger partial charge in [-0.05, 0) is 77.0 Å². The van der Waals surface area contributed by atoms with Crippen LogP contribution in [0.5, 0.6) is 0 Å². The van der Waals surface area contributed by atoms with Crippen LogP contribution in [0.1, 0.15) is 174 Å². The van der Waals surface area contributed by atoms with Gasteiger partial charge in [0.25, 0.3) is 0 Å². The number of carbonyl (C=O) groups excluding carboxylic acids is 1. The Bertz CT molecular complexity index is 719. The topological polar surface area (TPSA) is 63.6 Å². The molecule has 42 heavy (non-hydrogen) atoms. The Labute approximate surface area is 260 Å². The molecule has 0 aliphatic heterocycles. The van der Waals surface area contributed by atoms with Crippen LogP contribution in [0.15, 0.2) is 48.6 Å². The van der Waals surface area contributed by atoms with Crippen molar-refractivity contribution in [1.29, 1.82) is 0 Å². The minimum atomic E-state index is -0.755. The van der Waals surface area contributed by atoms with Gasteiger partial charge in [0.1, 0.15) is 6.10 Å². The molecule has 4 heteroatoms. The maximum absolute atomic E-state index is 12.5. The summed E-state index contributed by atoms with van der Waals surface area (Å²) in [5.41, 5.74) is 0. The number of rotatable bonds is 31. The molecule has 0 amide bonds. The Morgan fingerprint density at radius 2 is 0.952 bits per heavy atom. The lowest BCUT2D eigenvalue weighted by molar-refractivity contribution is -0.150. The smallest absolute Gasteiger partial charge is 0.306 e. The zero-order valence-electron chi connectivity index (χ0n) is 27.5. The number of allylic oxidation sites excluding steroid dienone is 8. The highest BCUT2D eigenvalue weighted by molar-refractivity contribution is 5.69. The SMILES string of the molecule is CCCCC/C=C\C/C=C\C/C=C\C/C=C\CCCC(=O)OC(CCCCCCCCCCCC)CCCCC(=O)O. The van der Waals surface area contributed by atoms with Crippen molar-refractivity contribution in [3.63, 3.8) is 0 Å². The van der Waals surface area contributed by atoms with Gasteiger partial charge in [0.05, 0.1) is 0 Å². The highest BCUT2D eigenvalue weighted by Crippen LogP contribution is 2.18. The number of esters is 1. The van der Waals surface area contributed by atoms with E-state index in [0.29, 0.717) is 12.8 Å². The summed E-state index contributed by atoms with van der Waals surface area (Å²) in [6.07, 6.45) is 44.0. The second-order valence-electron chi connectivity index (χ2n) is 11.7. The molecule has 0 rings (SSSR count). The van der Waals surface area contributed by atoms with Crippen LogP contribution < -0.4 is 0 Å². The fraction of sp³-hybridized carbons (Fsp3) is 0.737. The van der Waals surface area contributed by atoms with E-state index in [1.165, 1.54) is 83.5 Å². The molecule has 0 aromatic heterocycles. The van der Waals surface area contributed by atoms with E-state index in [2.05, 4.69) is 62.5 Å². The largest absolute Gasteiger partial charge is 0.481 e. The second-order valence-corrected chi connectivity index (χ2v) is 11.7. The molecule has 0 bridgehead atoms. The molecule has 0 fully saturated rings. The van der Waals surface area contributed by atoms with Crippen LogP contribution in [0.2, 0.25) is 0 Å². The standard InChI is InChI=1S/C38H66O4/c1-3-5-7-9-11-13-15-16-17-18-19-20-21-23-25-27-29-35-38(41)42-36(33-30-31-34-37(39)40)32-28-26-24-22-14-12-10-8-6-4-2/h11,13,16-17,19-20,23,25,36H,3-10,12,14-15,18,21-22,24,26-35H2,1-2H3,(H,39,40)/b13-11-,17-16-,20-19-,25-23-. The van der Waals surface area contributed by atoms with Crippen molar-refractivity contribution in [2.24, 2.45) is 0 Å². The van der Waals surface area contributed by atoms with Crippen LogP contribution in [0.25, 0.3) is 0 Å². The minimum Gasteiger partial charge on any atom is -0.481 e. The molecule has 0 saturated heterocycles. The average Bonchev–Trinajstić information content (AvgIpc) is 2.97. The molecule has 0 radical (unpaired) electrons. The van der Waals surface area contributed by atoms with E-state index in [0.717, 1.165) is 57.8 Å². The molecular formula is C38H66O4. The number of aliphatic carboxylic acids is 1. The van der Waals surface area contributed by atoms with Crippen molar-refractivity contribution < 1.29 is 19.4 Å². The van der Waals surface area contributed by atoms with Gasteiger partial charge < -0.3 is 9.84 Å². The number of carboxylic acids is 1. The summed E-state index contributed by atoms with van der Waals surface area (Å²) in [6, 6.07) is 0. The third kappa shape index (κ3) is 32.4. The zero-order chi connectivity index (χ0) is 30.8. The molecule has 0 aromatic rings. The summed E-state index contributed by atoms with van der Waals surface area (Å²) in [5.74, 6) is -0.865. The van der Waals surface area contributed by atoms with E-state index in [9.17, 15) is 9.59 Å². The lowest BCUT2D eigenvalue weighted by Crippen LogP contribution is -2.18. The first-order valence-corrected chi connectivity index (χ1v) is 17.6. The molecule has 1 N–H and O–H groups in total. The second kappa shape index (κ2) is 33.4. The molecule has 0 spiro atoms. The number of carbonyl (C=O) groups is 2. The molecule has 1 unspecified atom stereocenters. The summed E-state index contributed by atoms with van der Waals surface area (Å²) in [7, 11) is 0. The third-order valence-electron chi connectivity index (χ3n) is 7.55. The predicted octanol–water partition coefficient (Wildman–Crippen LogP) is 12.0. The van der Waals surface area contributed by atoms with E-state index in [1.807, 2.05) is 0 Å². The number of hydrogen-bond acceptors (Lipinski definition) is 3. The summed E-state index contributed by atoms with van der Waals surface area (Å²) in [5, 5.41) is 8.90. The Kier molecular flexibility index (Phi) is 31.7. The molecule has 0 saturated carbocycles. The number of unbranched alkanes of at least 4 members (excludes halogenated alkanes) is 14. The van der Waals surface area contributed by atoms with Crippen LogP contribution in [0.3, 0.4) is 0 Å². The van der Waals surface area contributed by atoms with Gasteiger partial charge in [0.2, 0.25) is 0 Å². The summed E-state index contributed by atoms with van der Waals surface area (Å²) in [6.45, 7) is 4.49. The van der Waals surface area contributed by atoms with E-state index in [-0.39, 0.29) is 18.5 Å². The molecule has 0 aromatic carbocycles. The van der Waals surface area contributed by atoms with Gasteiger partial charge in [-0.25, -0.2) is 0 Å². The maximum Gasteiger partial charge on any atom is 0.306 e. The normalized spacial score (nSPS) is 12.8. The Morgan fingerprint density at radius 3 is 1.48 bits per heavy atom. The monoisotopic (exact) mass is 586 g/mol. The van der Waals surface area contributed by atoms with Crippen LogP contribution in [-0.4, -0.2) is 23.1 Å². The van der Waals surface area contributed by atoms with E-state index < -0.39 is 5.97 Å². The predicted molar refractivity (Wildman–Crippen MR) is 181 cm³/mol. The van der Waals surface area contributed by atoms with Gasteiger partial charge in [0.15, 0.2) is 0 Å². The van der Waals surface area contributed by atoms with Gasteiger partial charge in [-0.15, -0.1) is 0 Å². The molecule has 0 aliphatic rings. The molecule has 1 atom stereocenters. The zero-order valence-corrected chi connectivity index (χ0v) is 27.5. The molecule has 0 aliphatic carbocycles. The molecule has 4 nitrogen and oxygen atoms in total. The fourth-order valence-electron chi connectivity index (χ4n) is 4.94. The quantitative estimate of drug-likeness (QED) is 0.0498. The van der Waals surface area contributed by atoms with Crippen LogP contribution >= 0.6 is 0 Å². The molecule has 0 heterocycles. The maximum atomic E-state index is 12.5. The molecular weight excluding hydrogens is 520 g/mol. The highest BCUT2D eigenvalue weighted by atomic mass is 16.5. The van der Waals surface area contributed by atoms with Crippen molar-refractivity contribution in [2.75, 3.05) is 0 Å². The van der Waals surface area contributed by atoms with Gasteiger partial charge >= 0.3 is 11.9 Å². The lowest BCUT2D eigenvalue weighted by Gasteiger charge is -2.18. The highest BCUT2D eigenvalue weighted by Gasteiger charge is 2.14. The minimum absolute atomic E-state index is 0.0723. The Morgan fingerprint density at radius 1 is 0.524 bits per heavy atom. The van der Waals surface area contributed by atoms with Crippen molar-refractivity contribution in [3.05, 3.63) is 48.6 Å². The van der Waals surface area contributed by atoms with E-state index >= 15 is 0 Å². The van der Waals surface area contributed by atoms with Crippen LogP contribution in [0.4, 0.5) is 0 Å². The Balaban J connectivity index is 4.04. The average molecular weight is 587 g/mol. The van der Waals surface area contributed by atoms with Gasteiger partial charge in [0, 0.05) is 12.8 Å². The van der Waals surface area contributed by atoms with E-state index in [1.54, 1.807) is 0 Å². The first kappa shape index (κ1) is 39.9. The Hall–Kier alpha value is -2.10. The van der Waals surface area contributed by atoms with E-state index in [4.69, 9.17) is 9.84 Å². The number of ether oxygens (including phenoxy) is 1. The van der Waals surface area contributed by atoms with Crippen LogP contribution in [0, 0.1) is 0 Å². The van der Waals surface area contributed by atoms with Crippen molar-refractivity contribution in [1.82, 2.24) is 0 Å².